The second-order valence-electron chi connectivity index (χ2n) is 5.38. The molecule has 0 radical (unpaired) electrons. The molecule has 1 fully saturated rings. The van der Waals surface area contributed by atoms with Gasteiger partial charge in [-0.2, -0.15) is 5.10 Å². The average molecular weight is 299 g/mol. The van der Waals surface area contributed by atoms with Gasteiger partial charge in [-0.15, -0.1) is 0 Å². The summed E-state index contributed by atoms with van der Waals surface area (Å²) in [6.45, 7) is 2.86. The van der Waals surface area contributed by atoms with Crippen molar-refractivity contribution in [1.29, 1.82) is 0 Å². The summed E-state index contributed by atoms with van der Waals surface area (Å²) in [5, 5.41) is 4.13. The van der Waals surface area contributed by atoms with Crippen molar-refractivity contribution in [3.05, 3.63) is 12.2 Å². The highest BCUT2D eigenvalue weighted by Crippen LogP contribution is 2.49. The summed E-state index contributed by atoms with van der Waals surface area (Å²) >= 11 is 0. The molecule has 7 heteroatoms. The lowest BCUT2D eigenvalue weighted by Crippen LogP contribution is -2.19. The van der Waals surface area contributed by atoms with Gasteiger partial charge in [0.15, 0.2) is 0 Å². The van der Waals surface area contributed by atoms with E-state index < -0.39 is 10.8 Å². The first kappa shape index (κ1) is 15.2. The van der Waals surface area contributed by atoms with Crippen molar-refractivity contribution in [3.63, 3.8) is 0 Å². The minimum atomic E-state index is -1.02. The van der Waals surface area contributed by atoms with Crippen LogP contribution in [0, 0.1) is 5.41 Å². The molecular weight excluding hydrogens is 278 g/mol. The van der Waals surface area contributed by atoms with E-state index in [0.717, 1.165) is 31.6 Å². The van der Waals surface area contributed by atoms with Crippen LogP contribution >= 0.6 is 0 Å². The van der Waals surface area contributed by atoms with Crippen molar-refractivity contribution in [1.82, 2.24) is 14.8 Å². The fraction of sp³-hybridized carbons (Fsp3) is 0.769. The second kappa shape index (κ2) is 6.47. The van der Waals surface area contributed by atoms with E-state index in [9.17, 15) is 9.00 Å². The molecule has 0 amide bonds. The van der Waals surface area contributed by atoms with Crippen LogP contribution in [0.15, 0.2) is 6.33 Å². The number of ether oxygens (including phenoxy) is 1. The van der Waals surface area contributed by atoms with Crippen molar-refractivity contribution >= 4 is 16.8 Å². The molecule has 112 valence electrons. The lowest BCUT2D eigenvalue weighted by Gasteiger charge is -2.13. The fourth-order valence-electron chi connectivity index (χ4n) is 2.26. The van der Waals surface area contributed by atoms with Gasteiger partial charge in [0, 0.05) is 23.1 Å². The van der Waals surface area contributed by atoms with Crippen molar-refractivity contribution in [2.24, 2.45) is 5.41 Å². The van der Waals surface area contributed by atoms with E-state index in [4.69, 9.17) is 4.74 Å². The van der Waals surface area contributed by atoms with Crippen LogP contribution in [0.3, 0.4) is 0 Å². The molecule has 1 saturated carbocycles. The standard InChI is InChI=1S/C13H21N3O3S/c1-3-6-16-11(14-10-15-16)8-20(18)9-13(4-5-13)7-12(17)19-2/h10H,3-9H2,1-2H3. The number of methoxy groups -OCH3 is 1. The number of esters is 1. The maximum Gasteiger partial charge on any atom is 0.306 e. The van der Waals surface area contributed by atoms with Crippen LogP contribution < -0.4 is 0 Å². The molecule has 1 aliphatic carbocycles. The molecule has 2 rings (SSSR count). The quantitative estimate of drug-likeness (QED) is 0.676. The predicted octanol–water partition coefficient (Wildman–Crippen LogP) is 1.28. The van der Waals surface area contributed by atoms with Crippen molar-refractivity contribution in [3.8, 4) is 0 Å². The molecule has 1 unspecified atom stereocenters. The maximum absolute atomic E-state index is 12.3. The van der Waals surface area contributed by atoms with Gasteiger partial charge in [0.05, 0.1) is 19.3 Å². The molecule has 6 nitrogen and oxygen atoms in total. The Kier molecular flexibility index (Phi) is 4.91. The molecule has 0 aliphatic heterocycles. The number of aromatic nitrogens is 3. The van der Waals surface area contributed by atoms with Gasteiger partial charge in [-0.05, 0) is 24.7 Å². The zero-order valence-corrected chi connectivity index (χ0v) is 12.8. The Morgan fingerprint density at radius 2 is 2.30 bits per heavy atom. The Balaban J connectivity index is 1.89. The molecule has 1 aliphatic rings. The Labute approximate surface area is 121 Å². The van der Waals surface area contributed by atoms with Gasteiger partial charge in [-0.25, -0.2) is 9.67 Å². The lowest BCUT2D eigenvalue weighted by atomic mass is 10.1. The Hall–Kier alpha value is -1.24. The summed E-state index contributed by atoms with van der Waals surface area (Å²) in [4.78, 5) is 15.5. The summed E-state index contributed by atoms with van der Waals surface area (Å²) in [6.07, 6.45) is 4.75. The molecule has 0 N–H and O–H groups in total. The van der Waals surface area contributed by atoms with Gasteiger partial charge in [-0.1, -0.05) is 6.92 Å². The maximum atomic E-state index is 12.3. The average Bonchev–Trinajstić information content (AvgIpc) is 3.01. The molecule has 1 heterocycles. The van der Waals surface area contributed by atoms with Crippen molar-refractivity contribution in [2.75, 3.05) is 12.9 Å². The number of nitrogens with zero attached hydrogens (tertiary/aromatic N) is 3. The molecular formula is C13H21N3O3S. The topological polar surface area (TPSA) is 74.1 Å². The van der Waals surface area contributed by atoms with Gasteiger partial charge in [0.25, 0.3) is 0 Å². The molecule has 0 bridgehead atoms. The summed E-state index contributed by atoms with van der Waals surface area (Å²) in [5.41, 5.74) is -0.104. The molecule has 1 aromatic rings. The third-order valence-electron chi connectivity index (χ3n) is 3.59. The first-order valence-corrected chi connectivity index (χ1v) is 8.36. The minimum Gasteiger partial charge on any atom is -0.469 e. The van der Waals surface area contributed by atoms with E-state index in [-0.39, 0.29) is 11.4 Å². The highest BCUT2D eigenvalue weighted by atomic mass is 32.2. The van der Waals surface area contributed by atoms with E-state index in [1.165, 1.54) is 13.4 Å². The fourth-order valence-corrected chi connectivity index (χ4v) is 3.95. The van der Waals surface area contributed by atoms with Crippen LogP contribution in [0.2, 0.25) is 0 Å². The normalized spacial score (nSPS) is 17.7. The van der Waals surface area contributed by atoms with Gasteiger partial charge in [-0.3, -0.25) is 9.00 Å². The Bertz CT molecular complexity index is 497. The van der Waals surface area contributed by atoms with E-state index in [1.807, 2.05) is 0 Å². The summed E-state index contributed by atoms with van der Waals surface area (Å²) < 4.78 is 18.8. The zero-order valence-electron chi connectivity index (χ0n) is 12.0. The molecule has 0 spiro atoms. The van der Waals surface area contributed by atoms with Gasteiger partial charge >= 0.3 is 5.97 Å². The summed E-state index contributed by atoms with van der Waals surface area (Å²) in [5.74, 6) is 1.50. The number of hydrogen-bond donors (Lipinski definition) is 0. The first-order chi connectivity index (χ1) is 9.58. The van der Waals surface area contributed by atoms with Gasteiger partial charge in [0.1, 0.15) is 12.2 Å². The van der Waals surface area contributed by atoms with Crippen LogP contribution in [0.25, 0.3) is 0 Å². The second-order valence-corrected chi connectivity index (χ2v) is 6.84. The molecule has 1 atom stereocenters. The van der Waals surface area contributed by atoms with E-state index in [0.29, 0.717) is 17.9 Å². The van der Waals surface area contributed by atoms with Crippen LogP contribution in [-0.2, 0) is 32.6 Å². The number of carbonyl (C=O) groups is 1. The van der Waals surface area contributed by atoms with Crippen LogP contribution in [0.1, 0.15) is 38.4 Å². The Morgan fingerprint density at radius 1 is 1.55 bits per heavy atom. The van der Waals surface area contributed by atoms with Crippen molar-refractivity contribution in [2.45, 2.75) is 44.9 Å². The molecule has 0 saturated heterocycles. The number of aryl methyl sites for hydroxylation is 1. The third kappa shape index (κ3) is 3.88. The number of rotatable bonds is 8. The number of carbonyl (C=O) groups excluding carboxylic acids is 1. The Morgan fingerprint density at radius 3 is 2.90 bits per heavy atom. The third-order valence-corrected chi connectivity index (χ3v) is 5.11. The van der Waals surface area contributed by atoms with E-state index in [2.05, 4.69) is 17.0 Å². The first-order valence-electron chi connectivity index (χ1n) is 6.87. The van der Waals surface area contributed by atoms with Crippen LogP contribution in [-0.4, -0.2) is 37.8 Å². The summed E-state index contributed by atoms with van der Waals surface area (Å²) in [6, 6.07) is 0. The number of hydrogen-bond acceptors (Lipinski definition) is 5. The van der Waals surface area contributed by atoms with Crippen LogP contribution in [0.5, 0.6) is 0 Å². The molecule has 1 aromatic heterocycles. The highest BCUT2D eigenvalue weighted by molar-refractivity contribution is 7.84. The minimum absolute atomic E-state index is 0.104. The monoisotopic (exact) mass is 299 g/mol. The summed E-state index contributed by atoms with van der Waals surface area (Å²) in [7, 11) is 0.372. The lowest BCUT2D eigenvalue weighted by molar-refractivity contribution is -0.141. The smallest absolute Gasteiger partial charge is 0.306 e. The zero-order chi connectivity index (χ0) is 14.6. The predicted molar refractivity (Wildman–Crippen MR) is 75.3 cm³/mol. The molecule has 0 aromatic carbocycles. The van der Waals surface area contributed by atoms with E-state index >= 15 is 0 Å². The van der Waals surface area contributed by atoms with Crippen LogP contribution in [0.4, 0.5) is 0 Å². The SMILES string of the molecule is CCCn1ncnc1CS(=O)CC1(CC(=O)OC)CC1. The van der Waals surface area contributed by atoms with Gasteiger partial charge < -0.3 is 4.74 Å². The highest BCUT2D eigenvalue weighted by Gasteiger charge is 2.45. The molecule has 20 heavy (non-hydrogen) atoms. The van der Waals surface area contributed by atoms with Crippen molar-refractivity contribution < 1.29 is 13.7 Å². The van der Waals surface area contributed by atoms with Gasteiger partial charge in [0.2, 0.25) is 0 Å². The van der Waals surface area contributed by atoms with E-state index in [1.54, 1.807) is 4.68 Å². The largest absolute Gasteiger partial charge is 0.469 e.